The normalized spacial score (nSPS) is 14.7. The zero-order chi connectivity index (χ0) is 13.7. The molecule has 0 saturated carbocycles. The minimum absolute atomic E-state index is 0.199. The molecule has 1 nitrogen and oxygen atoms in total. The molecule has 1 heterocycles. The Morgan fingerprint density at radius 1 is 1.21 bits per heavy atom. The first-order valence-electron chi connectivity index (χ1n) is 7.39. The van der Waals surface area contributed by atoms with Crippen LogP contribution in [0.3, 0.4) is 0 Å². The molecule has 0 bridgehead atoms. The number of hydrogen-bond acceptors (Lipinski definition) is 2. The second-order valence-corrected chi connectivity index (χ2v) is 6.25. The van der Waals surface area contributed by atoms with Crippen molar-refractivity contribution in [2.45, 2.75) is 52.1 Å². The number of aliphatic hydroxyl groups excluding tert-OH is 1. The predicted molar refractivity (Wildman–Crippen MR) is 84.8 cm³/mol. The molecule has 2 heteroatoms. The van der Waals surface area contributed by atoms with Crippen LogP contribution >= 0.6 is 11.3 Å². The van der Waals surface area contributed by atoms with Gasteiger partial charge in [0.2, 0.25) is 0 Å². The van der Waals surface area contributed by atoms with Gasteiger partial charge in [0.15, 0.2) is 0 Å². The summed E-state index contributed by atoms with van der Waals surface area (Å²) in [4.78, 5) is 0. The van der Waals surface area contributed by atoms with Gasteiger partial charge in [-0.3, -0.25) is 0 Å². The van der Waals surface area contributed by atoms with Crippen molar-refractivity contribution in [3.8, 4) is 0 Å². The van der Waals surface area contributed by atoms with Crippen molar-refractivity contribution >= 4 is 21.4 Å². The van der Waals surface area contributed by atoms with E-state index in [1.54, 1.807) is 11.3 Å². The first kappa shape index (κ1) is 14.5. The summed E-state index contributed by atoms with van der Waals surface area (Å²) < 4.78 is 1.33. The summed E-state index contributed by atoms with van der Waals surface area (Å²) in [5.41, 5.74) is 1.31. The summed E-state index contributed by atoms with van der Waals surface area (Å²) in [7, 11) is 0. The lowest BCUT2D eigenvalue weighted by molar-refractivity contribution is 0.0991. The Morgan fingerprint density at radius 3 is 2.74 bits per heavy atom. The molecule has 1 aromatic carbocycles. The molecule has 2 atom stereocenters. The van der Waals surface area contributed by atoms with E-state index >= 15 is 0 Å². The van der Waals surface area contributed by atoms with E-state index in [-0.39, 0.29) is 6.10 Å². The number of benzene rings is 1. The van der Waals surface area contributed by atoms with Gasteiger partial charge in [0, 0.05) is 11.1 Å². The van der Waals surface area contributed by atoms with E-state index in [0.717, 1.165) is 19.3 Å². The van der Waals surface area contributed by atoms with Gasteiger partial charge in [-0.2, -0.15) is 0 Å². The largest absolute Gasteiger partial charge is 0.392 e. The molecule has 0 radical (unpaired) electrons. The second kappa shape index (κ2) is 7.06. The fourth-order valence-corrected chi connectivity index (χ4v) is 3.69. The lowest BCUT2D eigenvalue weighted by Crippen LogP contribution is -2.22. The minimum atomic E-state index is -0.199. The van der Waals surface area contributed by atoms with Gasteiger partial charge in [-0.05, 0) is 34.7 Å². The highest BCUT2D eigenvalue weighted by Gasteiger charge is 2.18. The molecular weight excluding hydrogens is 252 g/mol. The molecule has 1 aromatic heterocycles. The van der Waals surface area contributed by atoms with Crippen molar-refractivity contribution in [2.75, 3.05) is 0 Å². The maximum absolute atomic E-state index is 10.5. The van der Waals surface area contributed by atoms with E-state index in [1.165, 1.54) is 28.5 Å². The van der Waals surface area contributed by atoms with Crippen molar-refractivity contribution in [3.63, 3.8) is 0 Å². The summed E-state index contributed by atoms with van der Waals surface area (Å²) >= 11 is 1.78. The molecule has 2 aromatic rings. The average molecular weight is 276 g/mol. The lowest BCUT2D eigenvalue weighted by Gasteiger charge is -2.21. The summed E-state index contributed by atoms with van der Waals surface area (Å²) in [6, 6.07) is 8.49. The monoisotopic (exact) mass is 276 g/mol. The van der Waals surface area contributed by atoms with Gasteiger partial charge >= 0.3 is 0 Å². The van der Waals surface area contributed by atoms with Crippen LogP contribution in [0, 0.1) is 5.92 Å². The van der Waals surface area contributed by atoms with Gasteiger partial charge < -0.3 is 5.11 Å². The van der Waals surface area contributed by atoms with E-state index in [1.807, 2.05) is 0 Å². The molecule has 19 heavy (non-hydrogen) atoms. The van der Waals surface area contributed by atoms with Crippen LogP contribution < -0.4 is 0 Å². The molecule has 0 fully saturated rings. The van der Waals surface area contributed by atoms with Crippen molar-refractivity contribution < 1.29 is 5.11 Å². The Balaban J connectivity index is 2.07. The fourth-order valence-electron chi connectivity index (χ4n) is 2.72. The van der Waals surface area contributed by atoms with E-state index in [2.05, 4.69) is 43.5 Å². The molecule has 0 aliphatic heterocycles. The van der Waals surface area contributed by atoms with Gasteiger partial charge in [0.1, 0.15) is 0 Å². The first-order chi connectivity index (χ1) is 9.26. The molecule has 0 saturated heterocycles. The third kappa shape index (κ3) is 3.58. The molecule has 0 aliphatic rings. The van der Waals surface area contributed by atoms with E-state index < -0.39 is 0 Å². The Morgan fingerprint density at radius 2 is 2.00 bits per heavy atom. The quantitative estimate of drug-likeness (QED) is 0.752. The number of unbranched alkanes of at least 4 members (excludes halogenated alkanes) is 1. The zero-order valence-corrected chi connectivity index (χ0v) is 12.7. The highest BCUT2D eigenvalue weighted by atomic mass is 32.1. The van der Waals surface area contributed by atoms with Crippen LogP contribution in [0.15, 0.2) is 29.6 Å². The van der Waals surface area contributed by atoms with Gasteiger partial charge in [-0.15, -0.1) is 11.3 Å². The van der Waals surface area contributed by atoms with Crippen LogP contribution in [0.4, 0.5) is 0 Å². The van der Waals surface area contributed by atoms with Crippen LogP contribution in [0.2, 0.25) is 0 Å². The summed E-state index contributed by atoms with van der Waals surface area (Å²) in [5.74, 6) is 0.443. The molecular formula is C17H24OS. The molecule has 2 rings (SSSR count). The summed E-state index contributed by atoms with van der Waals surface area (Å²) in [5, 5.41) is 14.0. The third-order valence-corrected chi connectivity index (χ3v) is 5.00. The van der Waals surface area contributed by atoms with E-state index in [0.29, 0.717) is 5.92 Å². The maximum Gasteiger partial charge on any atom is 0.0609 e. The zero-order valence-electron chi connectivity index (χ0n) is 11.9. The molecule has 104 valence electrons. The number of fused-ring (bicyclic) bond motifs is 1. The highest BCUT2D eigenvalue weighted by molar-refractivity contribution is 7.17. The number of aliphatic hydroxyl groups is 1. The average Bonchev–Trinajstić information content (AvgIpc) is 2.83. The van der Waals surface area contributed by atoms with Crippen LogP contribution in [0.1, 0.15) is 45.1 Å². The van der Waals surface area contributed by atoms with Crippen molar-refractivity contribution in [1.82, 2.24) is 0 Å². The number of rotatable bonds is 7. The second-order valence-electron chi connectivity index (χ2n) is 5.34. The molecule has 1 N–H and O–H groups in total. The summed E-state index contributed by atoms with van der Waals surface area (Å²) in [6.45, 7) is 4.40. The molecule has 2 unspecified atom stereocenters. The van der Waals surface area contributed by atoms with E-state index in [4.69, 9.17) is 0 Å². The SMILES string of the molecule is CCCCC(CC)C(O)Cc1csc2ccccc12. The first-order valence-corrected chi connectivity index (χ1v) is 8.27. The number of thiophene rings is 1. The Kier molecular flexibility index (Phi) is 5.41. The van der Waals surface area contributed by atoms with Gasteiger partial charge in [0.25, 0.3) is 0 Å². The van der Waals surface area contributed by atoms with Crippen LogP contribution in [-0.2, 0) is 6.42 Å². The smallest absolute Gasteiger partial charge is 0.0609 e. The van der Waals surface area contributed by atoms with Crippen molar-refractivity contribution in [2.24, 2.45) is 5.92 Å². The van der Waals surface area contributed by atoms with Gasteiger partial charge in [-0.25, -0.2) is 0 Å². The Hall–Kier alpha value is -0.860. The standard InChI is InChI=1S/C17H24OS/c1-3-5-8-13(4-2)16(18)11-14-12-19-17-10-7-6-9-15(14)17/h6-7,9-10,12-13,16,18H,3-5,8,11H2,1-2H3. The van der Waals surface area contributed by atoms with Gasteiger partial charge in [0.05, 0.1) is 6.10 Å². The molecule has 0 spiro atoms. The Bertz CT molecular complexity index is 503. The summed E-state index contributed by atoms with van der Waals surface area (Å²) in [6.07, 6.45) is 5.26. The Labute approximate surface area is 120 Å². The molecule has 0 amide bonds. The maximum atomic E-state index is 10.5. The van der Waals surface area contributed by atoms with E-state index in [9.17, 15) is 5.11 Å². The topological polar surface area (TPSA) is 20.2 Å². The number of hydrogen-bond donors (Lipinski definition) is 1. The van der Waals surface area contributed by atoms with Crippen molar-refractivity contribution in [3.05, 3.63) is 35.2 Å². The fraction of sp³-hybridized carbons (Fsp3) is 0.529. The van der Waals surface area contributed by atoms with Crippen LogP contribution in [-0.4, -0.2) is 11.2 Å². The van der Waals surface area contributed by atoms with Crippen molar-refractivity contribution in [1.29, 1.82) is 0 Å². The van der Waals surface area contributed by atoms with Crippen LogP contribution in [0.25, 0.3) is 10.1 Å². The minimum Gasteiger partial charge on any atom is -0.392 e. The van der Waals surface area contributed by atoms with Gasteiger partial charge in [-0.1, -0.05) is 51.3 Å². The molecule has 0 aliphatic carbocycles. The highest BCUT2D eigenvalue weighted by Crippen LogP contribution is 2.28. The third-order valence-electron chi connectivity index (χ3n) is 3.99. The lowest BCUT2D eigenvalue weighted by atomic mass is 9.89. The predicted octanol–water partition coefficient (Wildman–Crippen LogP) is 5.02. The van der Waals surface area contributed by atoms with Crippen LogP contribution in [0.5, 0.6) is 0 Å².